The van der Waals surface area contributed by atoms with Gasteiger partial charge >= 0.3 is 5.97 Å². The molecule has 0 aromatic heterocycles. The lowest BCUT2D eigenvalue weighted by molar-refractivity contribution is -0.136. The number of aliphatic carboxylic acids is 1. The van der Waals surface area contributed by atoms with Crippen LogP contribution in [0.4, 0.5) is 0 Å². The van der Waals surface area contributed by atoms with E-state index in [1.165, 1.54) is 0 Å². The minimum atomic E-state index is -1.66. The van der Waals surface area contributed by atoms with Crippen molar-refractivity contribution in [3.63, 3.8) is 0 Å². The molecule has 12 heavy (non-hydrogen) atoms. The number of carboxylic acids is 1. The first-order chi connectivity index (χ1) is 5.15. The summed E-state index contributed by atoms with van der Waals surface area (Å²) in [5.74, 6) is -1.45. The standard InChI is InChI=1S/C3H3Cl3O2.CH5N3/c4-3(5,6)1-2(7)8;2-1(3)4/h1H2,(H,7,8);(H5,2,3,4). The van der Waals surface area contributed by atoms with Crippen LogP contribution < -0.4 is 11.5 Å². The van der Waals surface area contributed by atoms with Crippen LogP contribution in [0.5, 0.6) is 0 Å². The van der Waals surface area contributed by atoms with Crippen molar-refractivity contribution in [2.75, 3.05) is 0 Å². The van der Waals surface area contributed by atoms with Crippen LogP contribution in [-0.2, 0) is 4.79 Å². The maximum absolute atomic E-state index is 9.76. The molecule has 0 amide bonds. The van der Waals surface area contributed by atoms with Crippen LogP contribution in [0, 0.1) is 5.41 Å². The molecule has 0 aliphatic carbocycles. The zero-order valence-corrected chi connectivity index (χ0v) is 8.12. The monoisotopic (exact) mass is 235 g/mol. The van der Waals surface area contributed by atoms with Crippen LogP contribution in [0.15, 0.2) is 0 Å². The van der Waals surface area contributed by atoms with Crippen LogP contribution in [0.2, 0.25) is 0 Å². The van der Waals surface area contributed by atoms with Crippen molar-refractivity contribution in [3.8, 4) is 0 Å². The highest BCUT2D eigenvalue weighted by Crippen LogP contribution is 2.29. The summed E-state index contributed by atoms with van der Waals surface area (Å²) in [7, 11) is 0. The fraction of sp³-hybridized carbons (Fsp3) is 0.500. The van der Waals surface area contributed by atoms with Gasteiger partial charge < -0.3 is 16.6 Å². The Morgan fingerprint density at radius 2 is 1.67 bits per heavy atom. The number of alkyl halides is 3. The third-order valence-electron chi connectivity index (χ3n) is 0.352. The Morgan fingerprint density at radius 1 is 1.42 bits per heavy atom. The van der Waals surface area contributed by atoms with Crippen molar-refractivity contribution in [1.29, 1.82) is 5.41 Å². The molecule has 0 fully saturated rings. The molecule has 0 rings (SSSR count). The Bertz CT molecular complexity index is 163. The first-order valence-electron chi connectivity index (χ1n) is 2.53. The molecule has 0 unspecified atom stereocenters. The molecule has 8 heteroatoms. The van der Waals surface area contributed by atoms with Gasteiger partial charge in [-0.25, -0.2) is 0 Å². The molecule has 72 valence electrons. The summed E-state index contributed by atoms with van der Waals surface area (Å²) in [4.78, 5) is 9.76. The van der Waals surface area contributed by atoms with Crippen LogP contribution >= 0.6 is 34.8 Å². The number of carboxylic acid groups (broad SMARTS) is 1. The van der Waals surface area contributed by atoms with Gasteiger partial charge in [-0.1, -0.05) is 34.8 Å². The maximum atomic E-state index is 9.76. The van der Waals surface area contributed by atoms with Gasteiger partial charge in [0.2, 0.25) is 3.79 Å². The van der Waals surface area contributed by atoms with E-state index >= 15 is 0 Å². The number of nitrogens with one attached hydrogen (secondary N) is 1. The molecule has 0 radical (unpaired) electrons. The highest BCUT2D eigenvalue weighted by molar-refractivity contribution is 6.68. The highest BCUT2D eigenvalue weighted by atomic mass is 35.6. The highest BCUT2D eigenvalue weighted by Gasteiger charge is 2.23. The molecule has 5 nitrogen and oxygen atoms in total. The fourth-order valence-corrected chi connectivity index (χ4v) is 0.514. The van der Waals surface area contributed by atoms with E-state index in [4.69, 9.17) is 45.3 Å². The van der Waals surface area contributed by atoms with Crippen LogP contribution in [0.3, 0.4) is 0 Å². The number of hydrogen-bond acceptors (Lipinski definition) is 2. The van der Waals surface area contributed by atoms with Gasteiger partial charge in [-0.05, 0) is 0 Å². The van der Waals surface area contributed by atoms with Crippen molar-refractivity contribution in [3.05, 3.63) is 0 Å². The van der Waals surface area contributed by atoms with Gasteiger partial charge in [0, 0.05) is 0 Å². The van der Waals surface area contributed by atoms with E-state index in [-0.39, 0.29) is 5.96 Å². The summed E-state index contributed by atoms with van der Waals surface area (Å²) >= 11 is 15.2. The molecule has 0 aromatic carbocycles. The molecule has 0 spiro atoms. The summed E-state index contributed by atoms with van der Waals surface area (Å²) in [6, 6.07) is 0. The van der Waals surface area contributed by atoms with Gasteiger partial charge in [0.15, 0.2) is 5.96 Å². The lowest BCUT2D eigenvalue weighted by Gasteiger charge is -2.03. The smallest absolute Gasteiger partial charge is 0.307 e. The maximum Gasteiger partial charge on any atom is 0.307 e. The molecule has 0 aliphatic heterocycles. The van der Waals surface area contributed by atoms with E-state index in [1.54, 1.807) is 0 Å². The lowest BCUT2D eigenvalue weighted by atomic mass is 10.5. The average Bonchev–Trinajstić information content (AvgIpc) is 1.52. The van der Waals surface area contributed by atoms with E-state index in [2.05, 4.69) is 11.5 Å². The van der Waals surface area contributed by atoms with Gasteiger partial charge in [-0.3, -0.25) is 10.2 Å². The molecule has 0 aromatic rings. The fourth-order valence-electron chi connectivity index (χ4n) is 0.171. The molecule has 0 aliphatic rings. The molecular formula is C4H8Cl3N3O2. The van der Waals surface area contributed by atoms with Crippen molar-refractivity contribution in [1.82, 2.24) is 0 Å². The van der Waals surface area contributed by atoms with Gasteiger partial charge in [0.1, 0.15) is 0 Å². The third-order valence-corrected chi connectivity index (χ3v) is 0.753. The van der Waals surface area contributed by atoms with E-state index in [9.17, 15) is 4.79 Å². The summed E-state index contributed by atoms with van der Waals surface area (Å²) < 4.78 is -1.66. The number of carbonyl (C=O) groups is 1. The number of hydrogen-bond donors (Lipinski definition) is 4. The van der Waals surface area contributed by atoms with Crippen LogP contribution in [0.1, 0.15) is 6.42 Å². The number of guanidine groups is 1. The lowest BCUT2D eigenvalue weighted by Crippen LogP contribution is -2.20. The molecule has 0 bridgehead atoms. The predicted octanol–water partition coefficient (Wildman–Crippen LogP) is 0.670. The number of halogens is 3. The molecule has 0 heterocycles. The quantitative estimate of drug-likeness (QED) is 0.304. The van der Waals surface area contributed by atoms with E-state index in [1.807, 2.05) is 0 Å². The second kappa shape index (κ2) is 6.16. The Kier molecular flexibility index (Phi) is 7.27. The SMILES string of the molecule is N=C(N)N.O=C(O)CC(Cl)(Cl)Cl. The van der Waals surface area contributed by atoms with Crippen LogP contribution in [-0.4, -0.2) is 20.8 Å². The van der Waals surface area contributed by atoms with Gasteiger partial charge in [0.05, 0.1) is 6.42 Å². The Balaban J connectivity index is 0. The van der Waals surface area contributed by atoms with Gasteiger partial charge in [-0.15, -0.1) is 0 Å². The van der Waals surface area contributed by atoms with E-state index < -0.39 is 16.2 Å². The zero-order chi connectivity index (χ0) is 10.4. The second-order valence-electron chi connectivity index (χ2n) is 1.64. The van der Waals surface area contributed by atoms with Gasteiger partial charge in [0.25, 0.3) is 0 Å². The Hall–Kier alpha value is -0.390. The van der Waals surface area contributed by atoms with Crippen LogP contribution in [0.25, 0.3) is 0 Å². The normalized spacial score (nSPS) is 9.58. The van der Waals surface area contributed by atoms with Crippen molar-refractivity contribution >= 4 is 46.7 Å². The number of rotatable bonds is 1. The first-order valence-corrected chi connectivity index (χ1v) is 3.66. The Labute approximate surface area is 84.1 Å². The second-order valence-corrected chi connectivity index (χ2v) is 4.16. The summed E-state index contributed by atoms with van der Waals surface area (Å²) in [6.07, 6.45) is -0.461. The largest absolute Gasteiger partial charge is 0.481 e. The van der Waals surface area contributed by atoms with E-state index in [0.29, 0.717) is 0 Å². The number of nitrogens with two attached hydrogens (primary N) is 2. The minimum absolute atomic E-state index is 0.333. The zero-order valence-electron chi connectivity index (χ0n) is 5.85. The molecule has 0 atom stereocenters. The topological polar surface area (TPSA) is 113 Å². The van der Waals surface area contributed by atoms with Crippen molar-refractivity contribution in [2.45, 2.75) is 10.2 Å². The summed E-state index contributed by atoms with van der Waals surface area (Å²) in [5, 5.41) is 14.1. The third kappa shape index (κ3) is 33.5. The predicted molar refractivity (Wildman–Crippen MR) is 48.6 cm³/mol. The average molecular weight is 236 g/mol. The first kappa shape index (κ1) is 14.2. The summed E-state index contributed by atoms with van der Waals surface area (Å²) in [5.41, 5.74) is 8.94. The van der Waals surface area contributed by atoms with Crippen molar-refractivity contribution in [2.24, 2.45) is 11.5 Å². The molecule has 0 saturated carbocycles. The molecule has 6 N–H and O–H groups in total. The van der Waals surface area contributed by atoms with Gasteiger partial charge in [-0.2, -0.15) is 0 Å². The minimum Gasteiger partial charge on any atom is -0.481 e. The molecule has 0 saturated heterocycles. The summed E-state index contributed by atoms with van der Waals surface area (Å²) in [6.45, 7) is 0. The van der Waals surface area contributed by atoms with Crippen molar-refractivity contribution < 1.29 is 9.90 Å². The molecular weight excluding hydrogens is 228 g/mol. The Morgan fingerprint density at radius 3 is 1.67 bits per heavy atom. The van der Waals surface area contributed by atoms with E-state index in [0.717, 1.165) is 0 Å².